The van der Waals surface area contributed by atoms with Gasteiger partial charge in [-0.05, 0) is 58.3 Å². The first-order valence-corrected chi connectivity index (χ1v) is 8.78. The van der Waals surface area contributed by atoms with Crippen LogP contribution in [0.25, 0.3) is 0 Å². The van der Waals surface area contributed by atoms with E-state index in [1.807, 2.05) is 0 Å². The molecule has 0 amide bonds. The lowest BCUT2D eigenvalue weighted by atomic mass is 9.96. The van der Waals surface area contributed by atoms with Crippen LogP contribution in [0, 0.1) is 0 Å². The van der Waals surface area contributed by atoms with Gasteiger partial charge in [0.15, 0.2) is 0 Å². The molecule has 0 radical (unpaired) electrons. The molecule has 1 saturated carbocycles. The Hall–Kier alpha value is -0.870. The Morgan fingerprint density at radius 1 is 1.14 bits per heavy atom. The summed E-state index contributed by atoms with van der Waals surface area (Å²) in [6.07, 6.45) is 12.8. The maximum absolute atomic E-state index is 4.85. The summed E-state index contributed by atoms with van der Waals surface area (Å²) >= 11 is 0. The quantitative estimate of drug-likeness (QED) is 0.925. The molecule has 4 heteroatoms. The van der Waals surface area contributed by atoms with Crippen molar-refractivity contribution in [1.29, 1.82) is 0 Å². The van der Waals surface area contributed by atoms with Gasteiger partial charge < -0.3 is 5.32 Å². The van der Waals surface area contributed by atoms with E-state index in [0.29, 0.717) is 12.1 Å². The maximum Gasteiger partial charge on any atom is 0.0764 e. The number of rotatable bonds is 4. The highest BCUT2D eigenvalue weighted by Crippen LogP contribution is 2.27. The maximum atomic E-state index is 4.85. The summed E-state index contributed by atoms with van der Waals surface area (Å²) in [5.41, 5.74) is 1.24. The van der Waals surface area contributed by atoms with E-state index in [9.17, 15) is 0 Å². The monoisotopic (exact) mass is 290 g/mol. The van der Waals surface area contributed by atoms with Crippen LogP contribution >= 0.6 is 0 Å². The van der Waals surface area contributed by atoms with Crippen molar-refractivity contribution in [2.45, 2.75) is 70.0 Å². The van der Waals surface area contributed by atoms with Crippen LogP contribution in [-0.4, -0.2) is 40.9 Å². The van der Waals surface area contributed by atoms with E-state index in [4.69, 9.17) is 5.10 Å². The Labute approximate surface area is 128 Å². The second-order valence-corrected chi connectivity index (χ2v) is 6.83. The summed E-state index contributed by atoms with van der Waals surface area (Å²) in [4.78, 5) is 2.50. The highest BCUT2D eigenvalue weighted by Gasteiger charge is 2.19. The van der Waals surface area contributed by atoms with Gasteiger partial charge in [0.2, 0.25) is 0 Å². The second kappa shape index (κ2) is 7.41. The molecule has 118 valence electrons. The number of nitrogens with one attached hydrogen (secondary N) is 1. The second-order valence-electron chi connectivity index (χ2n) is 6.83. The summed E-state index contributed by atoms with van der Waals surface area (Å²) in [6, 6.07) is 3.58. The standard InChI is InChI=1S/C17H30N4/c1-20(16-8-5-11-18-12-9-16)14-15-10-13-21(19-15)17-6-3-2-4-7-17/h10,13,16-18H,2-9,11-12,14H2,1H3. The molecule has 1 unspecified atom stereocenters. The molecule has 2 heterocycles. The molecule has 3 rings (SSSR count). The van der Waals surface area contributed by atoms with Crippen LogP contribution in [0.5, 0.6) is 0 Å². The molecule has 1 saturated heterocycles. The summed E-state index contributed by atoms with van der Waals surface area (Å²) < 4.78 is 2.23. The normalized spacial score (nSPS) is 25.1. The number of nitrogens with zero attached hydrogens (tertiary/aromatic N) is 3. The third-order valence-electron chi connectivity index (χ3n) is 5.19. The molecule has 0 spiro atoms. The number of hydrogen-bond donors (Lipinski definition) is 1. The Morgan fingerprint density at radius 3 is 2.86 bits per heavy atom. The van der Waals surface area contributed by atoms with Gasteiger partial charge in [-0.3, -0.25) is 9.58 Å². The first kappa shape index (κ1) is 15.0. The fraction of sp³-hybridized carbons (Fsp3) is 0.824. The van der Waals surface area contributed by atoms with E-state index in [1.54, 1.807) is 0 Å². The molecule has 1 aliphatic carbocycles. The van der Waals surface area contributed by atoms with Crippen LogP contribution in [0.1, 0.15) is 63.1 Å². The van der Waals surface area contributed by atoms with Crippen LogP contribution in [0.3, 0.4) is 0 Å². The topological polar surface area (TPSA) is 33.1 Å². The molecule has 1 atom stereocenters. The number of hydrogen-bond acceptors (Lipinski definition) is 3. The molecule has 1 aromatic rings. The van der Waals surface area contributed by atoms with E-state index in [1.165, 1.54) is 63.6 Å². The zero-order chi connectivity index (χ0) is 14.5. The Kier molecular flexibility index (Phi) is 5.31. The van der Waals surface area contributed by atoms with Crippen molar-refractivity contribution in [2.24, 2.45) is 0 Å². The third kappa shape index (κ3) is 4.07. The average Bonchev–Trinajstić information content (AvgIpc) is 2.81. The Bertz CT molecular complexity index is 414. The predicted octanol–water partition coefficient (Wildman–Crippen LogP) is 2.96. The average molecular weight is 290 g/mol. The third-order valence-corrected chi connectivity index (χ3v) is 5.19. The lowest BCUT2D eigenvalue weighted by Crippen LogP contribution is -2.32. The minimum atomic E-state index is 0.653. The fourth-order valence-corrected chi connectivity index (χ4v) is 3.84. The Morgan fingerprint density at radius 2 is 2.00 bits per heavy atom. The van der Waals surface area contributed by atoms with E-state index >= 15 is 0 Å². The summed E-state index contributed by atoms with van der Waals surface area (Å²) in [5.74, 6) is 0. The molecule has 21 heavy (non-hydrogen) atoms. The molecule has 0 aromatic carbocycles. The van der Waals surface area contributed by atoms with Crippen molar-refractivity contribution in [2.75, 3.05) is 20.1 Å². The van der Waals surface area contributed by atoms with Crippen LogP contribution in [0.15, 0.2) is 12.3 Å². The summed E-state index contributed by atoms with van der Waals surface area (Å²) in [5, 5.41) is 8.35. The van der Waals surface area contributed by atoms with Gasteiger partial charge in [-0.2, -0.15) is 5.10 Å². The summed E-state index contributed by atoms with van der Waals surface area (Å²) in [6.45, 7) is 3.33. The van der Waals surface area contributed by atoms with Crippen molar-refractivity contribution in [3.05, 3.63) is 18.0 Å². The first-order chi connectivity index (χ1) is 10.3. The SMILES string of the molecule is CN(Cc1ccn(C2CCCCC2)n1)C1CCCNCC1. The van der Waals surface area contributed by atoms with Crippen LogP contribution in [-0.2, 0) is 6.54 Å². The molecular formula is C17H30N4. The van der Waals surface area contributed by atoms with Gasteiger partial charge in [0, 0.05) is 18.8 Å². The van der Waals surface area contributed by atoms with E-state index in [-0.39, 0.29) is 0 Å². The molecule has 1 aromatic heterocycles. The summed E-state index contributed by atoms with van der Waals surface area (Å²) in [7, 11) is 2.26. The van der Waals surface area contributed by atoms with Gasteiger partial charge in [-0.15, -0.1) is 0 Å². The number of aromatic nitrogens is 2. The van der Waals surface area contributed by atoms with Crippen molar-refractivity contribution in [1.82, 2.24) is 20.0 Å². The van der Waals surface area contributed by atoms with Crippen LogP contribution < -0.4 is 5.32 Å². The highest BCUT2D eigenvalue weighted by atomic mass is 15.3. The zero-order valence-corrected chi connectivity index (χ0v) is 13.4. The van der Waals surface area contributed by atoms with Gasteiger partial charge in [-0.25, -0.2) is 0 Å². The molecule has 2 fully saturated rings. The minimum absolute atomic E-state index is 0.653. The van der Waals surface area contributed by atoms with Crippen LogP contribution in [0.4, 0.5) is 0 Å². The fourth-order valence-electron chi connectivity index (χ4n) is 3.84. The van der Waals surface area contributed by atoms with Crippen molar-refractivity contribution >= 4 is 0 Å². The van der Waals surface area contributed by atoms with E-state index in [0.717, 1.165) is 13.1 Å². The van der Waals surface area contributed by atoms with Gasteiger partial charge >= 0.3 is 0 Å². The molecular weight excluding hydrogens is 260 g/mol. The van der Waals surface area contributed by atoms with Crippen molar-refractivity contribution < 1.29 is 0 Å². The smallest absolute Gasteiger partial charge is 0.0764 e. The highest BCUT2D eigenvalue weighted by molar-refractivity contribution is 5.00. The van der Waals surface area contributed by atoms with Crippen LogP contribution in [0.2, 0.25) is 0 Å². The largest absolute Gasteiger partial charge is 0.317 e. The zero-order valence-electron chi connectivity index (χ0n) is 13.4. The van der Waals surface area contributed by atoms with E-state index < -0.39 is 0 Å². The molecule has 4 nitrogen and oxygen atoms in total. The van der Waals surface area contributed by atoms with Crippen molar-refractivity contribution in [3.8, 4) is 0 Å². The molecule has 2 aliphatic rings. The van der Waals surface area contributed by atoms with Gasteiger partial charge in [0.25, 0.3) is 0 Å². The Balaban J connectivity index is 1.55. The van der Waals surface area contributed by atoms with E-state index in [2.05, 4.69) is 34.2 Å². The van der Waals surface area contributed by atoms with Gasteiger partial charge in [0.05, 0.1) is 11.7 Å². The van der Waals surface area contributed by atoms with Gasteiger partial charge in [0.1, 0.15) is 0 Å². The lowest BCUT2D eigenvalue weighted by Gasteiger charge is -2.26. The first-order valence-electron chi connectivity index (χ1n) is 8.78. The molecule has 0 bridgehead atoms. The molecule has 1 aliphatic heterocycles. The lowest BCUT2D eigenvalue weighted by molar-refractivity contribution is 0.212. The van der Waals surface area contributed by atoms with Crippen molar-refractivity contribution in [3.63, 3.8) is 0 Å². The predicted molar refractivity (Wildman–Crippen MR) is 86.3 cm³/mol. The van der Waals surface area contributed by atoms with Gasteiger partial charge in [-0.1, -0.05) is 19.3 Å². The molecule has 1 N–H and O–H groups in total. The minimum Gasteiger partial charge on any atom is -0.317 e.